The second-order valence-electron chi connectivity index (χ2n) is 6.35. The molecular formula is C18H28N2. The summed E-state index contributed by atoms with van der Waals surface area (Å²) < 4.78 is 0. The van der Waals surface area contributed by atoms with Crippen molar-refractivity contribution in [3.05, 3.63) is 29.3 Å². The molecule has 2 aliphatic rings. The van der Waals surface area contributed by atoms with Crippen molar-refractivity contribution in [2.75, 3.05) is 18.0 Å². The summed E-state index contributed by atoms with van der Waals surface area (Å²) in [7, 11) is 0. The Hall–Kier alpha value is -1.02. The van der Waals surface area contributed by atoms with Crippen LogP contribution in [0.15, 0.2) is 18.2 Å². The van der Waals surface area contributed by atoms with E-state index in [2.05, 4.69) is 42.3 Å². The molecule has 1 aromatic carbocycles. The third-order valence-electron chi connectivity index (χ3n) is 5.14. The predicted molar refractivity (Wildman–Crippen MR) is 86.6 cm³/mol. The molecule has 3 rings (SSSR count). The van der Waals surface area contributed by atoms with Crippen LogP contribution < -0.4 is 10.2 Å². The lowest BCUT2D eigenvalue weighted by Crippen LogP contribution is -2.56. The van der Waals surface area contributed by atoms with Gasteiger partial charge in [-0.3, -0.25) is 0 Å². The van der Waals surface area contributed by atoms with E-state index in [1.54, 1.807) is 11.1 Å². The normalized spacial score (nSPS) is 26.4. The molecule has 110 valence electrons. The van der Waals surface area contributed by atoms with Gasteiger partial charge in [-0.25, -0.2) is 0 Å². The van der Waals surface area contributed by atoms with E-state index in [1.807, 2.05) is 0 Å². The van der Waals surface area contributed by atoms with Gasteiger partial charge in [0, 0.05) is 30.9 Å². The number of aryl methyl sites for hydroxylation is 1. The Morgan fingerprint density at radius 3 is 2.80 bits per heavy atom. The smallest absolute Gasteiger partial charge is 0.0412 e. The zero-order valence-corrected chi connectivity index (χ0v) is 13.0. The van der Waals surface area contributed by atoms with Gasteiger partial charge in [0.1, 0.15) is 0 Å². The molecule has 0 saturated carbocycles. The summed E-state index contributed by atoms with van der Waals surface area (Å²) in [5.41, 5.74) is 4.79. The van der Waals surface area contributed by atoms with Gasteiger partial charge in [0.15, 0.2) is 0 Å². The average Bonchev–Trinajstić information content (AvgIpc) is 2.53. The molecular weight excluding hydrogens is 244 g/mol. The topological polar surface area (TPSA) is 15.3 Å². The lowest BCUT2D eigenvalue weighted by atomic mass is 9.89. The van der Waals surface area contributed by atoms with Crippen LogP contribution >= 0.6 is 0 Å². The quantitative estimate of drug-likeness (QED) is 0.905. The standard InChI is InChI=1S/C18H28N2/c1-3-15-13-20(16(4-2)12-19-15)18-11-7-9-14-8-5-6-10-17(14)18/h7,9,11,15-16,19H,3-6,8,10,12-13H2,1-2H3. The van der Waals surface area contributed by atoms with E-state index in [-0.39, 0.29) is 0 Å². The summed E-state index contributed by atoms with van der Waals surface area (Å²) in [5.74, 6) is 0. The molecule has 20 heavy (non-hydrogen) atoms. The fourth-order valence-corrected chi connectivity index (χ4v) is 3.83. The SMILES string of the molecule is CCC1CN(c2cccc3c2CCCC3)C(CC)CN1. The Morgan fingerprint density at radius 1 is 1.15 bits per heavy atom. The first-order chi connectivity index (χ1) is 9.83. The molecule has 0 radical (unpaired) electrons. The number of rotatable bonds is 3. The summed E-state index contributed by atoms with van der Waals surface area (Å²) in [5, 5.41) is 3.71. The molecule has 1 aliphatic heterocycles. The van der Waals surface area contributed by atoms with Crippen molar-refractivity contribution in [3.8, 4) is 0 Å². The van der Waals surface area contributed by atoms with E-state index >= 15 is 0 Å². The van der Waals surface area contributed by atoms with Gasteiger partial charge in [0.05, 0.1) is 0 Å². The van der Waals surface area contributed by atoms with Crippen molar-refractivity contribution in [2.45, 2.75) is 64.5 Å². The summed E-state index contributed by atoms with van der Waals surface area (Å²) >= 11 is 0. The number of benzene rings is 1. The minimum atomic E-state index is 0.650. The maximum atomic E-state index is 3.71. The first-order valence-corrected chi connectivity index (χ1v) is 8.44. The Morgan fingerprint density at radius 2 is 2.00 bits per heavy atom. The predicted octanol–water partition coefficient (Wildman–Crippen LogP) is 3.53. The number of hydrogen-bond donors (Lipinski definition) is 1. The first kappa shape index (κ1) is 13.9. The number of hydrogen-bond acceptors (Lipinski definition) is 2. The van der Waals surface area contributed by atoms with Crippen LogP contribution in [0.25, 0.3) is 0 Å². The second-order valence-corrected chi connectivity index (χ2v) is 6.35. The molecule has 2 atom stereocenters. The van der Waals surface area contributed by atoms with Crippen LogP contribution in [-0.2, 0) is 12.8 Å². The Labute approximate surface area is 123 Å². The Bertz CT molecular complexity index is 455. The molecule has 1 saturated heterocycles. The van der Waals surface area contributed by atoms with Crippen LogP contribution in [0, 0.1) is 0 Å². The fraction of sp³-hybridized carbons (Fsp3) is 0.667. The molecule has 2 unspecified atom stereocenters. The first-order valence-electron chi connectivity index (χ1n) is 8.44. The van der Waals surface area contributed by atoms with Crippen molar-refractivity contribution in [2.24, 2.45) is 0 Å². The fourth-order valence-electron chi connectivity index (χ4n) is 3.83. The van der Waals surface area contributed by atoms with E-state index < -0.39 is 0 Å². The van der Waals surface area contributed by atoms with Gasteiger partial charge in [-0.2, -0.15) is 0 Å². The van der Waals surface area contributed by atoms with Crippen molar-refractivity contribution in [1.82, 2.24) is 5.32 Å². The molecule has 1 N–H and O–H groups in total. The molecule has 2 nitrogen and oxygen atoms in total. The van der Waals surface area contributed by atoms with Crippen LogP contribution in [0.3, 0.4) is 0 Å². The average molecular weight is 272 g/mol. The molecule has 0 spiro atoms. The third kappa shape index (κ3) is 2.58. The number of anilines is 1. The minimum absolute atomic E-state index is 0.650. The van der Waals surface area contributed by atoms with E-state index in [1.165, 1.54) is 50.8 Å². The summed E-state index contributed by atoms with van der Waals surface area (Å²) in [4.78, 5) is 2.70. The highest BCUT2D eigenvalue weighted by Crippen LogP contribution is 2.33. The zero-order chi connectivity index (χ0) is 13.9. The molecule has 0 amide bonds. The minimum Gasteiger partial charge on any atom is -0.365 e. The van der Waals surface area contributed by atoms with Gasteiger partial charge in [0.2, 0.25) is 0 Å². The van der Waals surface area contributed by atoms with Crippen LogP contribution in [0.2, 0.25) is 0 Å². The maximum Gasteiger partial charge on any atom is 0.0412 e. The molecule has 2 heteroatoms. The van der Waals surface area contributed by atoms with Crippen molar-refractivity contribution < 1.29 is 0 Å². The summed E-state index contributed by atoms with van der Waals surface area (Å²) in [6.45, 7) is 6.92. The van der Waals surface area contributed by atoms with E-state index in [0.29, 0.717) is 12.1 Å². The van der Waals surface area contributed by atoms with Crippen molar-refractivity contribution >= 4 is 5.69 Å². The van der Waals surface area contributed by atoms with Gasteiger partial charge in [-0.15, -0.1) is 0 Å². The molecule has 1 aromatic rings. The monoisotopic (exact) mass is 272 g/mol. The molecule has 0 bridgehead atoms. The van der Waals surface area contributed by atoms with Crippen LogP contribution in [-0.4, -0.2) is 25.2 Å². The van der Waals surface area contributed by atoms with Gasteiger partial charge in [0.25, 0.3) is 0 Å². The number of nitrogens with one attached hydrogen (secondary N) is 1. The van der Waals surface area contributed by atoms with E-state index in [4.69, 9.17) is 0 Å². The second kappa shape index (κ2) is 6.17. The highest BCUT2D eigenvalue weighted by molar-refractivity contribution is 5.59. The van der Waals surface area contributed by atoms with Gasteiger partial charge < -0.3 is 10.2 Å². The zero-order valence-electron chi connectivity index (χ0n) is 13.0. The number of fused-ring (bicyclic) bond motifs is 1. The summed E-state index contributed by atoms with van der Waals surface area (Å²) in [6, 6.07) is 8.29. The van der Waals surface area contributed by atoms with Crippen molar-refractivity contribution in [3.63, 3.8) is 0 Å². The van der Waals surface area contributed by atoms with Gasteiger partial charge in [-0.05, 0) is 55.7 Å². The Balaban J connectivity index is 1.93. The lowest BCUT2D eigenvalue weighted by Gasteiger charge is -2.43. The van der Waals surface area contributed by atoms with Gasteiger partial charge in [-0.1, -0.05) is 26.0 Å². The molecule has 1 fully saturated rings. The van der Waals surface area contributed by atoms with Crippen LogP contribution in [0.1, 0.15) is 50.7 Å². The molecule has 1 heterocycles. The summed E-state index contributed by atoms with van der Waals surface area (Å²) in [6.07, 6.45) is 7.75. The largest absolute Gasteiger partial charge is 0.365 e. The molecule has 1 aliphatic carbocycles. The van der Waals surface area contributed by atoms with Crippen molar-refractivity contribution in [1.29, 1.82) is 0 Å². The molecule has 0 aromatic heterocycles. The van der Waals surface area contributed by atoms with Crippen LogP contribution in [0.4, 0.5) is 5.69 Å². The van der Waals surface area contributed by atoms with E-state index in [9.17, 15) is 0 Å². The third-order valence-corrected chi connectivity index (χ3v) is 5.14. The van der Waals surface area contributed by atoms with E-state index in [0.717, 1.165) is 6.54 Å². The van der Waals surface area contributed by atoms with Crippen LogP contribution in [0.5, 0.6) is 0 Å². The van der Waals surface area contributed by atoms with Gasteiger partial charge >= 0.3 is 0 Å². The Kier molecular flexibility index (Phi) is 4.30. The highest BCUT2D eigenvalue weighted by atomic mass is 15.2. The number of nitrogens with zero attached hydrogens (tertiary/aromatic N) is 1. The highest BCUT2D eigenvalue weighted by Gasteiger charge is 2.28. The number of piperazine rings is 1. The lowest BCUT2D eigenvalue weighted by molar-refractivity contribution is 0.378. The maximum absolute atomic E-state index is 3.71.